The van der Waals surface area contributed by atoms with E-state index in [9.17, 15) is 14.4 Å². The number of fused-ring (bicyclic) bond motifs is 1. The summed E-state index contributed by atoms with van der Waals surface area (Å²) in [4.78, 5) is 37.3. The Bertz CT molecular complexity index is 1230. The molecule has 2 heterocycles. The second-order valence-electron chi connectivity index (χ2n) is 6.58. The number of nitrogens with one attached hydrogen (secondary N) is 1. The summed E-state index contributed by atoms with van der Waals surface area (Å²) in [7, 11) is 1.42. The molecule has 6 nitrogen and oxygen atoms in total. The number of hydrogen-bond donors (Lipinski definition) is 1. The van der Waals surface area contributed by atoms with Crippen LogP contribution >= 0.6 is 23.2 Å². The first kappa shape index (κ1) is 19.9. The maximum absolute atomic E-state index is 12.2. The summed E-state index contributed by atoms with van der Waals surface area (Å²) in [5.41, 5.74) is 1.68. The molecule has 8 heteroatoms. The number of carbonyl (C=O) groups is 3. The van der Waals surface area contributed by atoms with Crippen LogP contribution in [0.15, 0.2) is 59.0 Å². The number of nitrogens with zero attached hydrogens (tertiary/aromatic N) is 1. The molecule has 0 fully saturated rings. The number of amides is 3. The summed E-state index contributed by atoms with van der Waals surface area (Å²) in [6.45, 7) is 0. The third kappa shape index (κ3) is 3.75. The Morgan fingerprint density at radius 2 is 1.70 bits per heavy atom. The number of hydrogen-bond acceptors (Lipinski definition) is 4. The van der Waals surface area contributed by atoms with Gasteiger partial charge in [0, 0.05) is 29.4 Å². The molecule has 2 aromatic carbocycles. The second-order valence-corrected chi connectivity index (χ2v) is 7.42. The minimum Gasteiger partial charge on any atom is -0.457 e. The molecular weight excluding hydrogens is 427 g/mol. The van der Waals surface area contributed by atoms with Crippen molar-refractivity contribution in [2.75, 3.05) is 12.4 Å². The van der Waals surface area contributed by atoms with Crippen molar-refractivity contribution < 1.29 is 18.8 Å². The highest BCUT2D eigenvalue weighted by Crippen LogP contribution is 2.31. The molecule has 0 bridgehead atoms. The summed E-state index contributed by atoms with van der Waals surface area (Å²) in [5.74, 6) is -0.166. The van der Waals surface area contributed by atoms with E-state index in [4.69, 9.17) is 27.6 Å². The summed E-state index contributed by atoms with van der Waals surface area (Å²) in [6.07, 6.45) is 2.82. The van der Waals surface area contributed by atoms with Crippen molar-refractivity contribution in [2.45, 2.75) is 0 Å². The summed E-state index contributed by atoms with van der Waals surface area (Å²) >= 11 is 12.1. The van der Waals surface area contributed by atoms with Crippen molar-refractivity contribution in [3.8, 4) is 11.3 Å². The average molecular weight is 441 g/mol. The smallest absolute Gasteiger partial charge is 0.261 e. The standard InChI is InChI=1S/C22H14Cl2N2O4/c1-26-21(28)15-7-3-13(11-17(15)22(26)29)25-20(27)9-5-14-4-8-19(30-14)16-6-2-12(23)10-18(16)24/h2-11H,1H3,(H,25,27)/b9-5+. The number of halogens is 2. The molecule has 0 aliphatic carbocycles. The predicted molar refractivity (Wildman–Crippen MR) is 115 cm³/mol. The molecule has 1 aliphatic heterocycles. The Labute approximate surface area is 181 Å². The number of imide groups is 1. The molecular formula is C22H14Cl2N2O4. The van der Waals surface area contributed by atoms with Gasteiger partial charge in [0.25, 0.3) is 11.8 Å². The molecule has 1 N–H and O–H groups in total. The predicted octanol–water partition coefficient (Wildman–Crippen LogP) is 5.13. The highest BCUT2D eigenvalue weighted by Gasteiger charge is 2.32. The largest absolute Gasteiger partial charge is 0.457 e. The van der Waals surface area contributed by atoms with Gasteiger partial charge in [0.2, 0.25) is 5.91 Å². The molecule has 3 aromatic rings. The van der Waals surface area contributed by atoms with E-state index in [-0.39, 0.29) is 11.5 Å². The van der Waals surface area contributed by atoms with Gasteiger partial charge < -0.3 is 9.73 Å². The molecule has 0 saturated carbocycles. The van der Waals surface area contributed by atoms with Crippen LogP contribution < -0.4 is 5.32 Å². The van der Waals surface area contributed by atoms with E-state index < -0.39 is 11.8 Å². The van der Waals surface area contributed by atoms with E-state index in [2.05, 4.69) is 5.32 Å². The monoisotopic (exact) mass is 440 g/mol. The summed E-state index contributed by atoms with van der Waals surface area (Å²) in [5, 5.41) is 3.64. The molecule has 1 aliphatic rings. The highest BCUT2D eigenvalue weighted by molar-refractivity contribution is 6.36. The van der Waals surface area contributed by atoms with E-state index in [1.807, 2.05) is 0 Å². The number of furan rings is 1. The third-order valence-corrected chi connectivity index (χ3v) is 5.13. The maximum Gasteiger partial charge on any atom is 0.261 e. The van der Waals surface area contributed by atoms with Gasteiger partial charge in [0.05, 0.1) is 16.1 Å². The van der Waals surface area contributed by atoms with Crippen LogP contribution in [0.1, 0.15) is 26.5 Å². The number of benzene rings is 2. The molecule has 0 unspecified atom stereocenters. The molecule has 0 atom stereocenters. The van der Waals surface area contributed by atoms with Crippen molar-refractivity contribution in [2.24, 2.45) is 0 Å². The molecule has 30 heavy (non-hydrogen) atoms. The van der Waals surface area contributed by atoms with Crippen LogP contribution in [0.2, 0.25) is 10.0 Å². The minimum atomic E-state index is -0.414. The van der Waals surface area contributed by atoms with Crippen molar-refractivity contribution in [3.05, 3.63) is 81.5 Å². The van der Waals surface area contributed by atoms with Crippen LogP contribution in [-0.4, -0.2) is 29.7 Å². The average Bonchev–Trinajstić information content (AvgIpc) is 3.26. The van der Waals surface area contributed by atoms with Crippen molar-refractivity contribution in [1.29, 1.82) is 0 Å². The maximum atomic E-state index is 12.2. The summed E-state index contributed by atoms with van der Waals surface area (Å²) in [6, 6.07) is 13.1. The van der Waals surface area contributed by atoms with E-state index in [1.54, 1.807) is 36.4 Å². The fourth-order valence-corrected chi connectivity index (χ4v) is 3.56. The molecule has 4 rings (SSSR count). The lowest BCUT2D eigenvalue weighted by Gasteiger charge is -2.03. The van der Waals surface area contributed by atoms with Crippen molar-refractivity contribution in [1.82, 2.24) is 4.90 Å². The number of rotatable bonds is 4. The second kappa shape index (κ2) is 7.82. The Balaban J connectivity index is 1.46. The normalized spacial score (nSPS) is 13.2. The van der Waals surface area contributed by atoms with Crippen LogP contribution in [0.3, 0.4) is 0 Å². The van der Waals surface area contributed by atoms with Crippen LogP contribution in [0.25, 0.3) is 17.4 Å². The molecule has 0 spiro atoms. The zero-order valence-electron chi connectivity index (χ0n) is 15.6. The van der Waals surface area contributed by atoms with Gasteiger partial charge in [-0.1, -0.05) is 23.2 Å². The van der Waals surface area contributed by atoms with Gasteiger partial charge in [-0.25, -0.2) is 0 Å². The van der Waals surface area contributed by atoms with Gasteiger partial charge in [0.15, 0.2) is 0 Å². The fourth-order valence-electron chi connectivity index (χ4n) is 3.06. The van der Waals surface area contributed by atoms with Crippen LogP contribution in [0.5, 0.6) is 0 Å². The number of carbonyl (C=O) groups excluding carboxylic acids is 3. The molecule has 3 amide bonds. The Hall–Kier alpha value is -3.35. The lowest BCUT2D eigenvalue weighted by Crippen LogP contribution is -2.24. The Kier molecular flexibility index (Phi) is 5.20. The molecule has 0 saturated heterocycles. The zero-order chi connectivity index (χ0) is 21.4. The van der Waals surface area contributed by atoms with E-state index in [0.29, 0.717) is 38.4 Å². The number of anilines is 1. The highest BCUT2D eigenvalue weighted by atomic mass is 35.5. The minimum absolute atomic E-state index is 0.264. The lowest BCUT2D eigenvalue weighted by molar-refractivity contribution is -0.111. The van der Waals surface area contributed by atoms with Gasteiger partial charge in [-0.05, 0) is 54.6 Å². The van der Waals surface area contributed by atoms with E-state index in [1.165, 1.54) is 31.3 Å². The fraction of sp³-hybridized carbons (Fsp3) is 0.0455. The molecule has 1 aromatic heterocycles. The first-order chi connectivity index (χ1) is 14.3. The first-order valence-electron chi connectivity index (χ1n) is 8.84. The molecule has 150 valence electrons. The van der Waals surface area contributed by atoms with Crippen molar-refractivity contribution in [3.63, 3.8) is 0 Å². The Morgan fingerprint density at radius 3 is 2.47 bits per heavy atom. The van der Waals surface area contributed by atoms with Gasteiger partial charge in [-0.3, -0.25) is 19.3 Å². The van der Waals surface area contributed by atoms with E-state index in [0.717, 1.165) is 4.90 Å². The van der Waals surface area contributed by atoms with Crippen LogP contribution in [-0.2, 0) is 4.79 Å². The first-order valence-corrected chi connectivity index (χ1v) is 9.60. The van der Waals surface area contributed by atoms with Gasteiger partial charge in [0.1, 0.15) is 11.5 Å². The SMILES string of the molecule is CN1C(=O)c2ccc(NC(=O)/C=C/c3ccc(-c4ccc(Cl)cc4Cl)o3)cc2C1=O. The van der Waals surface area contributed by atoms with Gasteiger partial charge in [-0.15, -0.1) is 0 Å². The van der Waals surface area contributed by atoms with Gasteiger partial charge in [-0.2, -0.15) is 0 Å². The zero-order valence-corrected chi connectivity index (χ0v) is 17.1. The van der Waals surface area contributed by atoms with Crippen LogP contribution in [0.4, 0.5) is 5.69 Å². The molecule has 0 radical (unpaired) electrons. The topological polar surface area (TPSA) is 79.6 Å². The quantitative estimate of drug-likeness (QED) is 0.450. The van der Waals surface area contributed by atoms with E-state index >= 15 is 0 Å². The lowest BCUT2D eigenvalue weighted by atomic mass is 10.1. The van der Waals surface area contributed by atoms with Crippen molar-refractivity contribution >= 4 is 52.7 Å². The third-order valence-electron chi connectivity index (χ3n) is 4.58. The van der Waals surface area contributed by atoms with Gasteiger partial charge >= 0.3 is 0 Å². The summed E-state index contributed by atoms with van der Waals surface area (Å²) < 4.78 is 5.71. The Morgan fingerprint density at radius 1 is 0.967 bits per heavy atom. The van der Waals surface area contributed by atoms with Crippen LogP contribution in [0, 0.1) is 0 Å².